The summed E-state index contributed by atoms with van der Waals surface area (Å²) in [5.41, 5.74) is 8.79. The van der Waals surface area contributed by atoms with Gasteiger partial charge >= 0.3 is 0 Å². The lowest BCUT2D eigenvalue weighted by Crippen LogP contribution is -2.08. The molecule has 0 radical (unpaired) electrons. The largest absolute Gasteiger partial charge is 0.325 e. The molecule has 4 heteroatoms. The third-order valence-corrected chi connectivity index (χ3v) is 3.51. The number of nitrogens with two attached hydrogens (primary N) is 1. The molecular formula is C16H18N4. The minimum atomic E-state index is 0.322. The third-order valence-electron chi connectivity index (χ3n) is 3.51. The van der Waals surface area contributed by atoms with Crippen LogP contribution < -0.4 is 5.73 Å². The van der Waals surface area contributed by atoms with E-state index in [0.717, 1.165) is 17.1 Å². The summed E-state index contributed by atoms with van der Waals surface area (Å²) in [6.45, 7) is 4.69. The molecule has 0 aliphatic carbocycles. The molecule has 20 heavy (non-hydrogen) atoms. The fraction of sp³-hybridized carbons (Fsp3) is 0.250. The van der Waals surface area contributed by atoms with Crippen LogP contribution >= 0.6 is 0 Å². The van der Waals surface area contributed by atoms with Gasteiger partial charge in [0.2, 0.25) is 0 Å². The highest BCUT2D eigenvalue weighted by molar-refractivity contribution is 5.90. The summed E-state index contributed by atoms with van der Waals surface area (Å²) in [5, 5.41) is 10.9. The topological polar surface area (TPSA) is 56.7 Å². The lowest BCUT2D eigenvalue weighted by molar-refractivity contribution is 0.717. The number of benzene rings is 2. The van der Waals surface area contributed by atoms with Gasteiger partial charge in [-0.25, -0.2) is 4.68 Å². The Morgan fingerprint density at radius 1 is 1.10 bits per heavy atom. The van der Waals surface area contributed by atoms with Crippen molar-refractivity contribution in [2.75, 3.05) is 0 Å². The fourth-order valence-electron chi connectivity index (χ4n) is 2.61. The first-order valence-corrected chi connectivity index (χ1v) is 6.85. The van der Waals surface area contributed by atoms with Crippen LogP contribution in [0.25, 0.3) is 16.5 Å². The molecule has 0 fully saturated rings. The van der Waals surface area contributed by atoms with Gasteiger partial charge in [0.15, 0.2) is 0 Å². The van der Waals surface area contributed by atoms with E-state index in [1.807, 2.05) is 22.9 Å². The summed E-state index contributed by atoms with van der Waals surface area (Å²) in [6, 6.07) is 14.5. The van der Waals surface area contributed by atoms with Gasteiger partial charge in [0, 0.05) is 11.9 Å². The Kier molecular flexibility index (Phi) is 3.24. The maximum absolute atomic E-state index is 5.78. The van der Waals surface area contributed by atoms with Crippen LogP contribution in [0.4, 0.5) is 0 Å². The lowest BCUT2D eigenvalue weighted by Gasteiger charge is -2.12. The molecule has 0 saturated heterocycles. The number of fused-ring (bicyclic) bond motifs is 1. The predicted molar refractivity (Wildman–Crippen MR) is 80.8 cm³/mol. The van der Waals surface area contributed by atoms with E-state index in [2.05, 4.69) is 48.4 Å². The number of hydrogen-bond donors (Lipinski definition) is 1. The van der Waals surface area contributed by atoms with Gasteiger partial charge in [0.1, 0.15) is 5.69 Å². The van der Waals surface area contributed by atoms with E-state index in [-0.39, 0.29) is 0 Å². The highest BCUT2D eigenvalue weighted by atomic mass is 15.4. The van der Waals surface area contributed by atoms with Gasteiger partial charge in [-0.2, -0.15) is 0 Å². The van der Waals surface area contributed by atoms with Gasteiger partial charge in [-0.1, -0.05) is 55.5 Å². The summed E-state index contributed by atoms with van der Waals surface area (Å²) in [7, 11) is 0. The van der Waals surface area contributed by atoms with Crippen molar-refractivity contribution >= 4 is 10.8 Å². The number of aromatic nitrogens is 3. The van der Waals surface area contributed by atoms with E-state index in [1.165, 1.54) is 10.8 Å². The molecule has 0 unspecified atom stereocenters. The molecule has 1 aromatic heterocycles. The zero-order chi connectivity index (χ0) is 14.1. The molecule has 4 nitrogen and oxygen atoms in total. The second kappa shape index (κ2) is 5.06. The van der Waals surface area contributed by atoms with Gasteiger partial charge in [-0.15, -0.1) is 5.10 Å². The van der Waals surface area contributed by atoms with Crippen LogP contribution in [0.2, 0.25) is 0 Å². The van der Waals surface area contributed by atoms with Crippen LogP contribution in [0.1, 0.15) is 31.2 Å². The van der Waals surface area contributed by atoms with Crippen molar-refractivity contribution in [1.82, 2.24) is 15.0 Å². The summed E-state index contributed by atoms with van der Waals surface area (Å²) >= 11 is 0. The summed E-state index contributed by atoms with van der Waals surface area (Å²) in [4.78, 5) is 0. The average molecular weight is 266 g/mol. The lowest BCUT2D eigenvalue weighted by atomic mass is 10.1. The summed E-state index contributed by atoms with van der Waals surface area (Å²) in [6.07, 6.45) is 0. The van der Waals surface area contributed by atoms with Crippen molar-refractivity contribution in [2.45, 2.75) is 26.3 Å². The predicted octanol–water partition coefficient (Wildman–Crippen LogP) is 3.00. The molecule has 0 bridgehead atoms. The van der Waals surface area contributed by atoms with Gasteiger partial charge in [-0.05, 0) is 17.4 Å². The molecule has 0 spiro atoms. The minimum absolute atomic E-state index is 0.322. The quantitative estimate of drug-likeness (QED) is 0.792. The molecule has 0 aliphatic rings. The van der Waals surface area contributed by atoms with Crippen molar-refractivity contribution in [3.8, 4) is 5.69 Å². The first kappa shape index (κ1) is 12.8. The van der Waals surface area contributed by atoms with E-state index in [4.69, 9.17) is 5.73 Å². The molecule has 0 saturated carbocycles. The van der Waals surface area contributed by atoms with Crippen LogP contribution in [0.5, 0.6) is 0 Å². The van der Waals surface area contributed by atoms with Gasteiger partial charge in [-0.3, -0.25) is 0 Å². The normalized spacial score (nSPS) is 11.4. The SMILES string of the molecule is CC(C)c1c(CN)nnn1-c1cccc2ccccc12. The molecule has 2 aromatic carbocycles. The van der Waals surface area contributed by atoms with Gasteiger partial charge in [0.05, 0.1) is 11.4 Å². The van der Waals surface area contributed by atoms with E-state index in [0.29, 0.717) is 12.5 Å². The highest BCUT2D eigenvalue weighted by Crippen LogP contribution is 2.26. The second-order valence-electron chi connectivity index (χ2n) is 5.19. The Morgan fingerprint density at radius 3 is 2.60 bits per heavy atom. The summed E-state index contributed by atoms with van der Waals surface area (Å²) < 4.78 is 1.93. The molecule has 0 atom stereocenters. The maximum atomic E-state index is 5.78. The minimum Gasteiger partial charge on any atom is -0.325 e. The van der Waals surface area contributed by atoms with Crippen LogP contribution in [0, 0.1) is 0 Å². The van der Waals surface area contributed by atoms with Crippen molar-refractivity contribution in [1.29, 1.82) is 0 Å². The fourth-order valence-corrected chi connectivity index (χ4v) is 2.61. The first-order chi connectivity index (χ1) is 9.72. The number of hydrogen-bond acceptors (Lipinski definition) is 3. The number of rotatable bonds is 3. The van der Waals surface area contributed by atoms with Crippen LogP contribution in [0.3, 0.4) is 0 Å². The smallest absolute Gasteiger partial charge is 0.100 e. The Morgan fingerprint density at radius 2 is 1.85 bits per heavy atom. The van der Waals surface area contributed by atoms with Crippen LogP contribution in [-0.4, -0.2) is 15.0 Å². The summed E-state index contributed by atoms with van der Waals surface area (Å²) in [5.74, 6) is 0.322. The molecule has 3 aromatic rings. The van der Waals surface area contributed by atoms with Crippen molar-refractivity contribution < 1.29 is 0 Å². The van der Waals surface area contributed by atoms with Crippen molar-refractivity contribution in [3.05, 3.63) is 53.9 Å². The standard InChI is InChI=1S/C16H18N4/c1-11(2)16-14(10-17)18-19-20(16)15-9-5-7-12-6-3-4-8-13(12)15/h3-9,11H,10,17H2,1-2H3. The van der Waals surface area contributed by atoms with E-state index in [1.54, 1.807) is 0 Å². The third kappa shape index (κ3) is 1.98. The van der Waals surface area contributed by atoms with E-state index < -0.39 is 0 Å². The van der Waals surface area contributed by atoms with Crippen LogP contribution in [0.15, 0.2) is 42.5 Å². The Balaban J connectivity index is 2.29. The van der Waals surface area contributed by atoms with Gasteiger partial charge in [0.25, 0.3) is 0 Å². The Bertz CT molecular complexity index is 738. The molecule has 3 rings (SSSR count). The zero-order valence-electron chi connectivity index (χ0n) is 11.7. The van der Waals surface area contributed by atoms with Gasteiger partial charge < -0.3 is 5.73 Å². The second-order valence-corrected chi connectivity index (χ2v) is 5.19. The molecule has 0 amide bonds. The molecule has 0 aliphatic heterocycles. The van der Waals surface area contributed by atoms with E-state index in [9.17, 15) is 0 Å². The Hall–Kier alpha value is -2.20. The van der Waals surface area contributed by atoms with Crippen molar-refractivity contribution in [3.63, 3.8) is 0 Å². The average Bonchev–Trinajstić information content (AvgIpc) is 2.90. The monoisotopic (exact) mass is 266 g/mol. The first-order valence-electron chi connectivity index (χ1n) is 6.85. The van der Waals surface area contributed by atoms with Crippen LogP contribution in [-0.2, 0) is 6.54 Å². The Labute approximate surface area is 118 Å². The molecular weight excluding hydrogens is 248 g/mol. The zero-order valence-corrected chi connectivity index (χ0v) is 11.7. The molecule has 2 N–H and O–H groups in total. The highest BCUT2D eigenvalue weighted by Gasteiger charge is 2.17. The maximum Gasteiger partial charge on any atom is 0.100 e. The molecule has 1 heterocycles. The number of nitrogens with zero attached hydrogens (tertiary/aromatic N) is 3. The van der Waals surface area contributed by atoms with E-state index >= 15 is 0 Å². The molecule has 102 valence electrons. The van der Waals surface area contributed by atoms with Crippen molar-refractivity contribution in [2.24, 2.45) is 5.73 Å².